The summed E-state index contributed by atoms with van der Waals surface area (Å²) in [6, 6.07) is 14.4. The number of aliphatic hydroxyl groups is 1. The lowest BCUT2D eigenvalue weighted by Crippen LogP contribution is -2.32. The molecule has 0 saturated heterocycles. The Kier molecular flexibility index (Phi) is 12.0. The third kappa shape index (κ3) is 7.60. The van der Waals surface area contributed by atoms with Crippen LogP contribution in [0.25, 0.3) is 0 Å². The van der Waals surface area contributed by atoms with Gasteiger partial charge in [0.2, 0.25) is 0 Å². The molecule has 1 atom stereocenters. The summed E-state index contributed by atoms with van der Waals surface area (Å²) in [7, 11) is 7.02. The van der Waals surface area contributed by atoms with Crippen LogP contribution in [0.2, 0.25) is 0 Å². The Hall–Kier alpha value is -2.79. The van der Waals surface area contributed by atoms with E-state index in [2.05, 4.69) is 37.9 Å². The van der Waals surface area contributed by atoms with E-state index in [4.69, 9.17) is 18.9 Å². The molecule has 0 saturated carbocycles. The molecule has 0 fully saturated rings. The van der Waals surface area contributed by atoms with Gasteiger partial charge in [0.1, 0.15) is 12.4 Å². The van der Waals surface area contributed by atoms with Gasteiger partial charge >= 0.3 is 0 Å². The summed E-state index contributed by atoms with van der Waals surface area (Å²) in [5, 5.41) is 20.2. The maximum atomic E-state index is 10.3. The largest absolute Gasteiger partial charge is 0.493 e. The van der Waals surface area contributed by atoms with Gasteiger partial charge < -0.3 is 29.0 Å². The second-order valence-corrected chi connectivity index (χ2v) is 9.41. The summed E-state index contributed by atoms with van der Waals surface area (Å²) >= 11 is 0. The Morgan fingerprint density at radius 2 is 1.69 bits per heavy atom. The summed E-state index contributed by atoms with van der Waals surface area (Å²) in [4.78, 5) is 2.30. The normalized spacial score (nSPS) is 12.9. The zero-order valence-corrected chi connectivity index (χ0v) is 22.7. The van der Waals surface area contributed by atoms with Crippen molar-refractivity contribution in [1.29, 1.82) is 5.26 Å². The van der Waals surface area contributed by atoms with E-state index in [1.165, 1.54) is 5.56 Å². The van der Waals surface area contributed by atoms with Crippen LogP contribution < -0.4 is 14.2 Å². The molecule has 0 aliphatic carbocycles. The molecule has 198 valence electrons. The predicted molar refractivity (Wildman–Crippen MR) is 142 cm³/mol. The summed E-state index contributed by atoms with van der Waals surface area (Å²) in [6.07, 6.45) is 2.51. The summed E-state index contributed by atoms with van der Waals surface area (Å²) in [5.41, 5.74) is 2.17. The number of hydrogen-bond donors (Lipinski definition) is 1. The smallest absolute Gasteiger partial charge is 0.160 e. The first-order valence-corrected chi connectivity index (χ1v) is 12.5. The summed E-state index contributed by atoms with van der Waals surface area (Å²) < 4.78 is 21.5. The van der Waals surface area contributed by atoms with Gasteiger partial charge in [0.05, 0.1) is 38.9 Å². The summed E-state index contributed by atoms with van der Waals surface area (Å²) in [6.45, 7) is 6.70. The average molecular weight is 499 g/mol. The Balaban J connectivity index is 2.03. The number of nitrogens with zero attached hydrogens (tertiary/aromatic N) is 2. The molecular formula is C29H42N2O5. The standard InChI is InChI=1S/C29H42N2O5/c1-22(2)29(21-30,25-9-11-26(24(19-25)20-32)36-17-16-33-4)13-7-14-31(3)15-12-23-8-10-27(34-5)28(18-23)35-6/h8-11,18-19,22,32H,7,12-17,20H2,1-6H3. The van der Waals surface area contributed by atoms with Crippen LogP contribution in [0.15, 0.2) is 36.4 Å². The molecule has 1 N–H and O–H groups in total. The first-order valence-electron chi connectivity index (χ1n) is 12.5. The second-order valence-electron chi connectivity index (χ2n) is 9.41. The van der Waals surface area contributed by atoms with Gasteiger partial charge in [0, 0.05) is 19.2 Å². The molecule has 2 aromatic rings. The van der Waals surface area contributed by atoms with Gasteiger partial charge in [-0.3, -0.25) is 0 Å². The fraction of sp³-hybridized carbons (Fsp3) is 0.552. The molecule has 0 amide bonds. The fourth-order valence-corrected chi connectivity index (χ4v) is 4.47. The SMILES string of the molecule is COCCOc1ccc(C(C#N)(CCCN(C)CCc2ccc(OC)c(OC)c2)C(C)C)cc1CO. The number of ether oxygens (including phenoxy) is 4. The number of rotatable bonds is 16. The van der Waals surface area contributed by atoms with Crippen LogP contribution in [-0.4, -0.2) is 64.7 Å². The Bertz CT molecular complexity index is 988. The molecule has 0 aromatic heterocycles. The van der Waals surface area contributed by atoms with Crippen LogP contribution in [0.1, 0.15) is 43.4 Å². The molecule has 0 aliphatic rings. The molecule has 0 bridgehead atoms. The van der Waals surface area contributed by atoms with Gasteiger partial charge in [-0.05, 0) is 74.2 Å². The van der Waals surface area contributed by atoms with Crippen LogP contribution in [0.4, 0.5) is 0 Å². The van der Waals surface area contributed by atoms with Crippen LogP contribution in [0.3, 0.4) is 0 Å². The number of benzene rings is 2. The van der Waals surface area contributed by atoms with Crippen molar-refractivity contribution in [2.75, 3.05) is 54.7 Å². The molecule has 7 heteroatoms. The monoisotopic (exact) mass is 498 g/mol. The van der Waals surface area contributed by atoms with Crippen molar-refractivity contribution < 1.29 is 24.1 Å². The zero-order chi connectivity index (χ0) is 26.6. The van der Waals surface area contributed by atoms with E-state index in [1.54, 1.807) is 21.3 Å². The first kappa shape index (κ1) is 29.4. The van der Waals surface area contributed by atoms with E-state index in [-0.39, 0.29) is 12.5 Å². The molecule has 0 spiro atoms. The van der Waals surface area contributed by atoms with Crippen LogP contribution in [0, 0.1) is 17.2 Å². The van der Waals surface area contributed by atoms with E-state index < -0.39 is 5.41 Å². The highest BCUT2D eigenvalue weighted by Gasteiger charge is 2.36. The third-order valence-electron chi connectivity index (χ3n) is 6.82. The highest BCUT2D eigenvalue weighted by molar-refractivity contribution is 5.44. The minimum absolute atomic E-state index is 0.117. The molecule has 7 nitrogen and oxygen atoms in total. The molecule has 36 heavy (non-hydrogen) atoms. The van der Waals surface area contributed by atoms with Gasteiger partial charge in [-0.1, -0.05) is 26.0 Å². The van der Waals surface area contributed by atoms with Crippen LogP contribution in [0.5, 0.6) is 17.2 Å². The van der Waals surface area contributed by atoms with Crippen molar-refractivity contribution in [3.63, 3.8) is 0 Å². The highest BCUT2D eigenvalue weighted by atomic mass is 16.5. The lowest BCUT2D eigenvalue weighted by molar-refractivity contribution is 0.144. The van der Waals surface area contributed by atoms with E-state index in [1.807, 2.05) is 30.3 Å². The van der Waals surface area contributed by atoms with E-state index in [0.29, 0.717) is 24.5 Å². The molecular weight excluding hydrogens is 456 g/mol. The molecule has 2 rings (SSSR count). The van der Waals surface area contributed by atoms with E-state index >= 15 is 0 Å². The lowest BCUT2D eigenvalue weighted by atomic mass is 9.69. The minimum Gasteiger partial charge on any atom is -0.493 e. The van der Waals surface area contributed by atoms with E-state index in [9.17, 15) is 10.4 Å². The van der Waals surface area contributed by atoms with Crippen molar-refractivity contribution in [1.82, 2.24) is 4.90 Å². The van der Waals surface area contributed by atoms with Crippen molar-refractivity contribution in [3.8, 4) is 23.3 Å². The quantitative estimate of drug-likeness (QED) is 0.339. The van der Waals surface area contributed by atoms with Crippen LogP contribution in [-0.2, 0) is 23.2 Å². The number of nitriles is 1. The number of aliphatic hydroxyl groups excluding tert-OH is 1. The Labute approximate surface area is 216 Å². The maximum absolute atomic E-state index is 10.3. The van der Waals surface area contributed by atoms with Crippen molar-refractivity contribution >= 4 is 0 Å². The molecule has 0 aliphatic heterocycles. The first-order chi connectivity index (χ1) is 17.3. The highest BCUT2D eigenvalue weighted by Crippen LogP contribution is 2.38. The average Bonchev–Trinajstić information content (AvgIpc) is 2.89. The molecule has 2 aromatic carbocycles. The maximum Gasteiger partial charge on any atom is 0.160 e. The molecule has 1 unspecified atom stereocenters. The fourth-order valence-electron chi connectivity index (χ4n) is 4.47. The van der Waals surface area contributed by atoms with Crippen molar-refractivity contribution in [3.05, 3.63) is 53.1 Å². The van der Waals surface area contributed by atoms with Gasteiger partial charge in [-0.2, -0.15) is 5.26 Å². The molecule has 0 radical (unpaired) electrons. The minimum atomic E-state index is -0.640. The topological polar surface area (TPSA) is 84.2 Å². The van der Waals surface area contributed by atoms with Gasteiger partial charge in [-0.25, -0.2) is 0 Å². The molecule has 0 heterocycles. The third-order valence-corrected chi connectivity index (χ3v) is 6.82. The Morgan fingerprint density at radius 3 is 2.31 bits per heavy atom. The van der Waals surface area contributed by atoms with Gasteiger partial charge in [0.15, 0.2) is 11.5 Å². The van der Waals surface area contributed by atoms with Gasteiger partial charge in [-0.15, -0.1) is 0 Å². The van der Waals surface area contributed by atoms with E-state index in [0.717, 1.165) is 49.4 Å². The van der Waals surface area contributed by atoms with Crippen molar-refractivity contribution in [2.24, 2.45) is 5.92 Å². The second kappa shape index (κ2) is 14.7. The zero-order valence-electron chi connectivity index (χ0n) is 22.7. The van der Waals surface area contributed by atoms with Gasteiger partial charge in [0.25, 0.3) is 0 Å². The number of methoxy groups -OCH3 is 3. The lowest BCUT2D eigenvalue weighted by Gasteiger charge is -2.32. The number of hydrogen-bond acceptors (Lipinski definition) is 7. The number of likely N-dealkylation sites (N-methyl/N-ethyl adjacent to an activating group) is 1. The Morgan fingerprint density at radius 1 is 0.972 bits per heavy atom. The van der Waals surface area contributed by atoms with Crippen molar-refractivity contribution in [2.45, 2.75) is 45.1 Å². The van der Waals surface area contributed by atoms with Crippen LogP contribution >= 0.6 is 0 Å². The summed E-state index contributed by atoms with van der Waals surface area (Å²) in [5.74, 6) is 2.22. The predicted octanol–water partition coefficient (Wildman–Crippen LogP) is 4.59.